The standard InChI is InChI=1S/C14H18FNO4/c1-9(2)10(14(18)19)7-16-13(17)8-20-12-6-4-3-5-11(12)15/h3-6,9-10H,7-8H2,1-2H3,(H,16,17)(H,18,19). The molecular formula is C14H18FNO4. The second kappa shape index (κ2) is 7.47. The summed E-state index contributed by atoms with van der Waals surface area (Å²) in [6, 6.07) is 5.75. The lowest BCUT2D eigenvalue weighted by Crippen LogP contribution is -2.37. The first kappa shape index (κ1) is 15.9. The van der Waals surface area contributed by atoms with Gasteiger partial charge in [-0.2, -0.15) is 0 Å². The van der Waals surface area contributed by atoms with Crippen LogP contribution in [0.25, 0.3) is 0 Å². The maximum absolute atomic E-state index is 13.2. The van der Waals surface area contributed by atoms with E-state index in [4.69, 9.17) is 9.84 Å². The fourth-order valence-electron chi connectivity index (χ4n) is 1.59. The van der Waals surface area contributed by atoms with E-state index in [0.29, 0.717) is 0 Å². The molecule has 110 valence electrons. The number of para-hydroxylation sites is 1. The molecule has 0 radical (unpaired) electrons. The van der Waals surface area contributed by atoms with E-state index in [-0.39, 0.29) is 24.8 Å². The summed E-state index contributed by atoms with van der Waals surface area (Å²) in [6.07, 6.45) is 0. The van der Waals surface area contributed by atoms with E-state index < -0.39 is 23.6 Å². The smallest absolute Gasteiger partial charge is 0.308 e. The van der Waals surface area contributed by atoms with Gasteiger partial charge in [0.15, 0.2) is 18.2 Å². The van der Waals surface area contributed by atoms with Crippen LogP contribution in [0.3, 0.4) is 0 Å². The summed E-state index contributed by atoms with van der Waals surface area (Å²) in [4.78, 5) is 22.5. The van der Waals surface area contributed by atoms with Crippen molar-refractivity contribution in [1.29, 1.82) is 0 Å². The zero-order valence-corrected chi connectivity index (χ0v) is 11.4. The second-order valence-corrected chi connectivity index (χ2v) is 4.71. The van der Waals surface area contributed by atoms with Gasteiger partial charge in [0.25, 0.3) is 5.91 Å². The summed E-state index contributed by atoms with van der Waals surface area (Å²) in [5.74, 6) is -2.77. The van der Waals surface area contributed by atoms with E-state index in [2.05, 4.69) is 5.32 Å². The predicted molar refractivity (Wildman–Crippen MR) is 70.9 cm³/mol. The lowest BCUT2D eigenvalue weighted by Gasteiger charge is -2.16. The highest BCUT2D eigenvalue weighted by atomic mass is 19.1. The highest BCUT2D eigenvalue weighted by Crippen LogP contribution is 2.15. The van der Waals surface area contributed by atoms with Crippen LogP contribution < -0.4 is 10.1 Å². The predicted octanol–water partition coefficient (Wildman–Crippen LogP) is 1.68. The van der Waals surface area contributed by atoms with Crippen LogP contribution in [0.2, 0.25) is 0 Å². The third kappa shape index (κ3) is 4.87. The van der Waals surface area contributed by atoms with Crippen molar-refractivity contribution >= 4 is 11.9 Å². The molecule has 0 saturated heterocycles. The molecule has 0 aromatic heterocycles. The Kier molecular flexibility index (Phi) is 5.96. The van der Waals surface area contributed by atoms with Crippen LogP contribution in [-0.4, -0.2) is 30.1 Å². The highest BCUT2D eigenvalue weighted by molar-refractivity contribution is 5.78. The number of carboxylic acids is 1. The third-order valence-corrected chi connectivity index (χ3v) is 2.84. The Morgan fingerprint density at radius 2 is 2.00 bits per heavy atom. The summed E-state index contributed by atoms with van der Waals surface area (Å²) in [6.45, 7) is 3.19. The molecule has 1 aromatic carbocycles. The number of halogens is 1. The van der Waals surface area contributed by atoms with Crippen molar-refractivity contribution in [2.24, 2.45) is 11.8 Å². The van der Waals surface area contributed by atoms with Crippen LogP contribution >= 0.6 is 0 Å². The molecule has 1 aromatic rings. The maximum Gasteiger partial charge on any atom is 0.308 e. The first-order chi connectivity index (χ1) is 9.41. The lowest BCUT2D eigenvalue weighted by atomic mass is 9.96. The Labute approximate surface area is 116 Å². The number of carboxylic acid groups (broad SMARTS) is 1. The largest absolute Gasteiger partial charge is 0.481 e. The van der Waals surface area contributed by atoms with Crippen molar-refractivity contribution in [3.05, 3.63) is 30.1 Å². The molecule has 6 heteroatoms. The van der Waals surface area contributed by atoms with Crippen molar-refractivity contribution in [1.82, 2.24) is 5.32 Å². The highest BCUT2D eigenvalue weighted by Gasteiger charge is 2.22. The van der Waals surface area contributed by atoms with Crippen molar-refractivity contribution in [2.45, 2.75) is 13.8 Å². The summed E-state index contributed by atoms with van der Waals surface area (Å²) >= 11 is 0. The Bertz CT molecular complexity index is 476. The van der Waals surface area contributed by atoms with Gasteiger partial charge in [0.2, 0.25) is 0 Å². The zero-order valence-electron chi connectivity index (χ0n) is 11.4. The molecule has 0 saturated carbocycles. The quantitative estimate of drug-likeness (QED) is 0.798. The van der Waals surface area contributed by atoms with Crippen molar-refractivity contribution in [3.8, 4) is 5.75 Å². The van der Waals surface area contributed by atoms with E-state index in [1.807, 2.05) is 0 Å². The zero-order chi connectivity index (χ0) is 15.1. The van der Waals surface area contributed by atoms with Gasteiger partial charge < -0.3 is 15.2 Å². The van der Waals surface area contributed by atoms with Crippen LogP contribution in [-0.2, 0) is 9.59 Å². The average Bonchev–Trinajstić information content (AvgIpc) is 2.37. The SMILES string of the molecule is CC(C)C(CNC(=O)COc1ccccc1F)C(=O)O. The van der Waals surface area contributed by atoms with Gasteiger partial charge in [-0.3, -0.25) is 9.59 Å². The molecule has 0 aliphatic carbocycles. The summed E-state index contributed by atoms with van der Waals surface area (Å²) < 4.78 is 18.2. The second-order valence-electron chi connectivity index (χ2n) is 4.71. The van der Waals surface area contributed by atoms with Crippen LogP contribution in [0.4, 0.5) is 4.39 Å². The lowest BCUT2D eigenvalue weighted by molar-refractivity contribution is -0.143. The molecule has 2 N–H and O–H groups in total. The Morgan fingerprint density at radius 1 is 1.35 bits per heavy atom. The van der Waals surface area contributed by atoms with E-state index in [0.717, 1.165) is 0 Å². The number of benzene rings is 1. The fraction of sp³-hybridized carbons (Fsp3) is 0.429. The number of nitrogens with one attached hydrogen (secondary N) is 1. The normalized spacial score (nSPS) is 12.0. The molecule has 0 aliphatic rings. The van der Waals surface area contributed by atoms with Crippen molar-refractivity contribution in [2.75, 3.05) is 13.2 Å². The molecule has 1 rings (SSSR count). The molecule has 0 spiro atoms. The van der Waals surface area contributed by atoms with Gasteiger partial charge in [-0.15, -0.1) is 0 Å². The Hall–Kier alpha value is -2.11. The molecule has 0 bridgehead atoms. The first-order valence-electron chi connectivity index (χ1n) is 6.28. The van der Waals surface area contributed by atoms with Gasteiger partial charge in [-0.1, -0.05) is 26.0 Å². The number of ether oxygens (including phenoxy) is 1. The number of rotatable bonds is 7. The van der Waals surface area contributed by atoms with Crippen LogP contribution in [0.15, 0.2) is 24.3 Å². The number of hydrogen-bond donors (Lipinski definition) is 2. The molecule has 0 aliphatic heterocycles. The Morgan fingerprint density at radius 3 is 2.55 bits per heavy atom. The van der Waals surface area contributed by atoms with Gasteiger partial charge in [0, 0.05) is 6.54 Å². The van der Waals surface area contributed by atoms with Gasteiger partial charge in [-0.05, 0) is 18.1 Å². The minimum Gasteiger partial charge on any atom is -0.481 e. The number of amides is 1. The number of carbonyl (C=O) groups is 2. The molecule has 1 atom stereocenters. The van der Waals surface area contributed by atoms with Gasteiger partial charge >= 0.3 is 5.97 Å². The first-order valence-corrected chi connectivity index (χ1v) is 6.28. The molecule has 0 heterocycles. The minimum absolute atomic E-state index is 0.0127. The Balaban J connectivity index is 2.41. The molecule has 1 unspecified atom stereocenters. The molecule has 5 nitrogen and oxygen atoms in total. The third-order valence-electron chi connectivity index (χ3n) is 2.84. The van der Waals surface area contributed by atoms with E-state index in [9.17, 15) is 14.0 Å². The monoisotopic (exact) mass is 283 g/mol. The van der Waals surface area contributed by atoms with Crippen LogP contribution in [0.5, 0.6) is 5.75 Å². The van der Waals surface area contributed by atoms with Crippen LogP contribution in [0.1, 0.15) is 13.8 Å². The number of aliphatic carboxylic acids is 1. The summed E-state index contributed by atoms with van der Waals surface area (Å²) in [7, 11) is 0. The average molecular weight is 283 g/mol. The van der Waals surface area contributed by atoms with Gasteiger partial charge in [-0.25, -0.2) is 4.39 Å². The van der Waals surface area contributed by atoms with E-state index in [1.165, 1.54) is 18.2 Å². The summed E-state index contributed by atoms with van der Waals surface area (Å²) in [5, 5.41) is 11.4. The fourth-order valence-corrected chi connectivity index (χ4v) is 1.59. The number of carbonyl (C=O) groups excluding carboxylic acids is 1. The summed E-state index contributed by atoms with van der Waals surface area (Å²) in [5.41, 5.74) is 0. The minimum atomic E-state index is -0.963. The molecule has 0 fully saturated rings. The van der Waals surface area contributed by atoms with Crippen LogP contribution in [0, 0.1) is 17.7 Å². The maximum atomic E-state index is 13.2. The number of hydrogen-bond acceptors (Lipinski definition) is 3. The van der Waals surface area contributed by atoms with Crippen molar-refractivity contribution in [3.63, 3.8) is 0 Å². The van der Waals surface area contributed by atoms with E-state index >= 15 is 0 Å². The van der Waals surface area contributed by atoms with Gasteiger partial charge in [0.1, 0.15) is 0 Å². The topological polar surface area (TPSA) is 75.6 Å². The van der Waals surface area contributed by atoms with E-state index in [1.54, 1.807) is 19.9 Å². The van der Waals surface area contributed by atoms with Crippen molar-refractivity contribution < 1.29 is 23.8 Å². The molecular weight excluding hydrogens is 265 g/mol. The van der Waals surface area contributed by atoms with Gasteiger partial charge in [0.05, 0.1) is 5.92 Å². The molecule has 1 amide bonds. The molecule has 20 heavy (non-hydrogen) atoms.